The van der Waals surface area contributed by atoms with Crippen LogP contribution in [0.25, 0.3) is 0 Å². The first-order chi connectivity index (χ1) is 9.16. The summed E-state index contributed by atoms with van der Waals surface area (Å²) in [6.45, 7) is 2.35. The molecule has 1 heterocycles. The van der Waals surface area contributed by atoms with Gasteiger partial charge in [-0.05, 0) is 25.5 Å². The van der Waals surface area contributed by atoms with Gasteiger partial charge in [-0.25, -0.2) is 9.37 Å². The molecule has 0 atom stereocenters. The van der Waals surface area contributed by atoms with Crippen molar-refractivity contribution in [2.24, 2.45) is 0 Å². The third kappa shape index (κ3) is 3.86. The van der Waals surface area contributed by atoms with Gasteiger partial charge in [0.05, 0.1) is 10.6 Å². The zero-order chi connectivity index (χ0) is 13.7. The predicted octanol–water partition coefficient (Wildman–Crippen LogP) is 2.95. The maximum atomic E-state index is 13.5. The molecule has 1 amide bonds. The number of benzene rings is 1. The lowest BCUT2D eigenvalue weighted by molar-refractivity contribution is 0.0949. The molecule has 2 aromatic rings. The van der Waals surface area contributed by atoms with Crippen LogP contribution in [0.5, 0.6) is 0 Å². The molecule has 0 radical (unpaired) electrons. The van der Waals surface area contributed by atoms with Gasteiger partial charge in [-0.15, -0.1) is 11.3 Å². The van der Waals surface area contributed by atoms with E-state index in [4.69, 9.17) is 0 Å². The van der Waals surface area contributed by atoms with Gasteiger partial charge in [0.2, 0.25) is 0 Å². The van der Waals surface area contributed by atoms with E-state index in [9.17, 15) is 9.18 Å². The molecule has 100 valence electrons. The largest absolute Gasteiger partial charge is 0.352 e. The normalized spacial score (nSPS) is 10.4. The number of aromatic nitrogens is 1. The predicted molar refractivity (Wildman–Crippen MR) is 73.9 cm³/mol. The van der Waals surface area contributed by atoms with Crippen molar-refractivity contribution in [3.63, 3.8) is 0 Å². The summed E-state index contributed by atoms with van der Waals surface area (Å²) >= 11 is 1.60. The Hall–Kier alpha value is -1.75. The summed E-state index contributed by atoms with van der Waals surface area (Å²) in [6, 6.07) is 4.53. The van der Waals surface area contributed by atoms with Gasteiger partial charge in [-0.1, -0.05) is 11.6 Å². The van der Waals surface area contributed by atoms with Crippen molar-refractivity contribution < 1.29 is 9.18 Å². The maximum absolute atomic E-state index is 13.5. The fourth-order valence-corrected chi connectivity index (χ4v) is 2.39. The lowest BCUT2D eigenvalue weighted by atomic mass is 10.1. The lowest BCUT2D eigenvalue weighted by Gasteiger charge is -2.06. The second kappa shape index (κ2) is 6.43. The van der Waals surface area contributed by atoms with Gasteiger partial charge < -0.3 is 5.32 Å². The number of carbonyl (C=O) groups excluding carboxylic acids is 1. The van der Waals surface area contributed by atoms with Gasteiger partial charge in [0.1, 0.15) is 5.82 Å². The monoisotopic (exact) mass is 278 g/mol. The van der Waals surface area contributed by atoms with Gasteiger partial charge in [0.25, 0.3) is 5.91 Å². The van der Waals surface area contributed by atoms with Gasteiger partial charge in [-0.3, -0.25) is 4.79 Å². The molecular formula is C14H15FN2OS. The summed E-state index contributed by atoms with van der Waals surface area (Å²) in [5, 5.41) is 5.71. The zero-order valence-corrected chi connectivity index (χ0v) is 11.5. The highest BCUT2D eigenvalue weighted by molar-refractivity contribution is 7.09. The van der Waals surface area contributed by atoms with Crippen LogP contribution >= 0.6 is 11.3 Å². The third-order valence-electron chi connectivity index (χ3n) is 2.70. The summed E-state index contributed by atoms with van der Waals surface area (Å²) in [5.41, 5.74) is 0.976. The van der Waals surface area contributed by atoms with Crippen molar-refractivity contribution in [2.75, 3.05) is 6.54 Å². The van der Waals surface area contributed by atoms with Crippen molar-refractivity contribution in [1.82, 2.24) is 10.3 Å². The second-order valence-corrected chi connectivity index (χ2v) is 5.25. The summed E-state index contributed by atoms with van der Waals surface area (Å²) in [4.78, 5) is 16.0. The minimum Gasteiger partial charge on any atom is -0.352 e. The quantitative estimate of drug-likeness (QED) is 0.854. The molecule has 2 rings (SSSR count). The minimum atomic E-state index is -0.483. The number of hydrogen-bond acceptors (Lipinski definition) is 3. The van der Waals surface area contributed by atoms with E-state index in [0.717, 1.165) is 23.4 Å². The fraction of sp³-hybridized carbons (Fsp3) is 0.286. The first kappa shape index (κ1) is 13.7. The van der Waals surface area contributed by atoms with Crippen LogP contribution in [0.3, 0.4) is 0 Å². The zero-order valence-electron chi connectivity index (χ0n) is 10.6. The topological polar surface area (TPSA) is 42.0 Å². The molecule has 0 aliphatic heterocycles. The number of amides is 1. The number of nitrogens with one attached hydrogen (secondary N) is 1. The van der Waals surface area contributed by atoms with E-state index in [1.165, 1.54) is 6.07 Å². The highest BCUT2D eigenvalue weighted by atomic mass is 32.1. The van der Waals surface area contributed by atoms with Crippen molar-refractivity contribution in [3.05, 3.63) is 51.7 Å². The SMILES string of the molecule is Cc1ccc(F)c(C(=O)NCCCc2nccs2)c1. The fourth-order valence-electron chi connectivity index (χ4n) is 1.73. The molecule has 0 spiro atoms. The number of halogens is 1. The van der Waals surface area contributed by atoms with Crippen LogP contribution in [0.4, 0.5) is 4.39 Å². The van der Waals surface area contributed by atoms with Crippen molar-refractivity contribution in [1.29, 1.82) is 0 Å². The number of rotatable bonds is 5. The highest BCUT2D eigenvalue weighted by Crippen LogP contribution is 2.10. The summed E-state index contributed by atoms with van der Waals surface area (Å²) in [6.07, 6.45) is 3.39. The Kier molecular flexibility index (Phi) is 4.63. The Balaban J connectivity index is 1.82. The van der Waals surface area contributed by atoms with Gasteiger partial charge in [0.15, 0.2) is 0 Å². The lowest BCUT2D eigenvalue weighted by Crippen LogP contribution is -2.25. The van der Waals surface area contributed by atoms with E-state index in [2.05, 4.69) is 10.3 Å². The van der Waals surface area contributed by atoms with Crippen molar-refractivity contribution >= 4 is 17.2 Å². The van der Waals surface area contributed by atoms with Crippen molar-refractivity contribution in [2.45, 2.75) is 19.8 Å². The molecule has 0 saturated heterocycles. The molecule has 0 saturated carbocycles. The first-order valence-corrected chi connectivity index (χ1v) is 6.97. The molecule has 0 bridgehead atoms. The van der Waals surface area contributed by atoms with E-state index >= 15 is 0 Å². The van der Waals surface area contributed by atoms with Crippen LogP contribution in [-0.4, -0.2) is 17.4 Å². The molecule has 1 aromatic heterocycles. The molecule has 1 aromatic carbocycles. The Labute approximate surface area is 115 Å². The second-order valence-electron chi connectivity index (χ2n) is 4.27. The van der Waals surface area contributed by atoms with Gasteiger partial charge >= 0.3 is 0 Å². The molecule has 0 aliphatic rings. The van der Waals surface area contributed by atoms with Crippen molar-refractivity contribution in [3.8, 4) is 0 Å². The standard InChI is InChI=1S/C14H15FN2OS/c1-10-4-5-12(15)11(9-10)14(18)17-6-2-3-13-16-7-8-19-13/h4-5,7-9H,2-3,6H2,1H3,(H,17,18). The Bertz CT molecular complexity index is 555. The van der Waals surface area contributed by atoms with E-state index in [0.29, 0.717) is 6.54 Å². The highest BCUT2D eigenvalue weighted by Gasteiger charge is 2.10. The third-order valence-corrected chi connectivity index (χ3v) is 3.54. The number of aryl methyl sites for hydroxylation is 2. The van der Waals surface area contributed by atoms with Crippen LogP contribution < -0.4 is 5.32 Å². The smallest absolute Gasteiger partial charge is 0.254 e. The number of thiazole rings is 1. The first-order valence-electron chi connectivity index (χ1n) is 6.09. The molecule has 5 heteroatoms. The van der Waals surface area contributed by atoms with Crippen LogP contribution in [0.1, 0.15) is 27.3 Å². The Morgan fingerprint density at radius 1 is 1.47 bits per heavy atom. The van der Waals surface area contributed by atoms with Crippen LogP contribution in [0.2, 0.25) is 0 Å². The number of hydrogen-bond donors (Lipinski definition) is 1. The Morgan fingerprint density at radius 3 is 3.05 bits per heavy atom. The average Bonchev–Trinajstić information content (AvgIpc) is 2.90. The summed E-state index contributed by atoms with van der Waals surface area (Å²) in [7, 11) is 0. The molecule has 0 aliphatic carbocycles. The summed E-state index contributed by atoms with van der Waals surface area (Å²) in [5.74, 6) is -0.844. The minimum absolute atomic E-state index is 0.106. The van der Waals surface area contributed by atoms with Crippen LogP contribution in [-0.2, 0) is 6.42 Å². The van der Waals surface area contributed by atoms with Gasteiger partial charge in [0, 0.05) is 24.5 Å². The van der Waals surface area contributed by atoms with Crippen LogP contribution in [0.15, 0.2) is 29.8 Å². The van der Waals surface area contributed by atoms with E-state index < -0.39 is 5.82 Å². The molecule has 0 unspecified atom stereocenters. The summed E-state index contributed by atoms with van der Waals surface area (Å²) < 4.78 is 13.5. The van der Waals surface area contributed by atoms with E-state index in [1.807, 2.05) is 12.3 Å². The molecule has 1 N–H and O–H groups in total. The number of carbonyl (C=O) groups is 1. The number of nitrogens with zero attached hydrogens (tertiary/aromatic N) is 1. The molecular weight excluding hydrogens is 263 g/mol. The van der Waals surface area contributed by atoms with Gasteiger partial charge in [-0.2, -0.15) is 0 Å². The average molecular weight is 278 g/mol. The Morgan fingerprint density at radius 2 is 2.32 bits per heavy atom. The molecule has 0 fully saturated rings. The maximum Gasteiger partial charge on any atom is 0.254 e. The van der Waals surface area contributed by atoms with E-state index in [-0.39, 0.29) is 11.5 Å². The van der Waals surface area contributed by atoms with Crippen LogP contribution in [0, 0.1) is 12.7 Å². The molecule has 19 heavy (non-hydrogen) atoms. The molecule has 3 nitrogen and oxygen atoms in total. The van der Waals surface area contributed by atoms with E-state index in [1.54, 1.807) is 29.7 Å².